The Morgan fingerprint density at radius 1 is 1.22 bits per heavy atom. The SMILES string of the molecule is Oc1cccc(-c2nc3ncc(Br)cc3[nH]2)c1O. The van der Waals surface area contributed by atoms with Crippen LogP contribution in [0.5, 0.6) is 11.5 Å². The van der Waals surface area contributed by atoms with Crippen LogP contribution in [-0.2, 0) is 0 Å². The monoisotopic (exact) mass is 305 g/mol. The van der Waals surface area contributed by atoms with E-state index in [2.05, 4.69) is 30.9 Å². The summed E-state index contributed by atoms with van der Waals surface area (Å²) in [7, 11) is 0. The molecule has 0 aliphatic rings. The molecule has 0 saturated carbocycles. The number of benzene rings is 1. The summed E-state index contributed by atoms with van der Waals surface area (Å²) in [4.78, 5) is 11.5. The van der Waals surface area contributed by atoms with E-state index in [0.29, 0.717) is 17.0 Å². The van der Waals surface area contributed by atoms with Crippen LogP contribution in [0, 0.1) is 0 Å². The van der Waals surface area contributed by atoms with Gasteiger partial charge in [0.05, 0.1) is 11.1 Å². The van der Waals surface area contributed by atoms with Crippen molar-refractivity contribution in [2.24, 2.45) is 0 Å². The Balaban J connectivity index is 2.22. The zero-order valence-electron chi connectivity index (χ0n) is 9.05. The fourth-order valence-electron chi connectivity index (χ4n) is 1.72. The summed E-state index contributed by atoms with van der Waals surface area (Å²) < 4.78 is 0.838. The Morgan fingerprint density at radius 3 is 2.89 bits per heavy atom. The molecule has 3 rings (SSSR count). The van der Waals surface area contributed by atoms with E-state index in [4.69, 9.17) is 0 Å². The van der Waals surface area contributed by atoms with E-state index in [9.17, 15) is 10.2 Å². The van der Waals surface area contributed by atoms with Crippen molar-refractivity contribution in [1.82, 2.24) is 15.0 Å². The number of phenolic OH excluding ortho intramolecular Hbond substituents is 2. The predicted molar refractivity (Wildman–Crippen MR) is 70.4 cm³/mol. The van der Waals surface area contributed by atoms with Crippen molar-refractivity contribution in [1.29, 1.82) is 0 Å². The number of aromatic amines is 1. The van der Waals surface area contributed by atoms with Gasteiger partial charge in [-0.2, -0.15) is 0 Å². The van der Waals surface area contributed by atoms with Crippen LogP contribution in [0.3, 0.4) is 0 Å². The van der Waals surface area contributed by atoms with Crippen molar-refractivity contribution in [3.63, 3.8) is 0 Å². The number of hydrogen-bond acceptors (Lipinski definition) is 4. The first kappa shape index (κ1) is 11.0. The van der Waals surface area contributed by atoms with Crippen LogP contribution in [0.2, 0.25) is 0 Å². The number of aromatic hydroxyl groups is 2. The minimum Gasteiger partial charge on any atom is -0.504 e. The fraction of sp³-hybridized carbons (Fsp3) is 0. The number of nitrogens with zero attached hydrogens (tertiary/aromatic N) is 2. The molecule has 0 saturated heterocycles. The van der Waals surface area contributed by atoms with Gasteiger partial charge in [0.1, 0.15) is 5.82 Å². The normalized spacial score (nSPS) is 10.9. The van der Waals surface area contributed by atoms with E-state index in [1.54, 1.807) is 18.3 Å². The molecular formula is C12H8BrN3O2. The van der Waals surface area contributed by atoms with Gasteiger partial charge in [0.2, 0.25) is 0 Å². The Bertz CT molecular complexity index is 739. The highest BCUT2D eigenvalue weighted by atomic mass is 79.9. The van der Waals surface area contributed by atoms with Gasteiger partial charge in [-0.15, -0.1) is 0 Å². The highest BCUT2D eigenvalue weighted by Crippen LogP contribution is 2.35. The summed E-state index contributed by atoms with van der Waals surface area (Å²) in [6.07, 6.45) is 1.65. The van der Waals surface area contributed by atoms with E-state index in [-0.39, 0.29) is 11.5 Å². The first-order valence-corrected chi connectivity index (χ1v) is 5.97. The molecule has 90 valence electrons. The smallest absolute Gasteiger partial charge is 0.178 e. The van der Waals surface area contributed by atoms with Gasteiger partial charge in [-0.1, -0.05) is 6.07 Å². The maximum absolute atomic E-state index is 9.79. The molecule has 1 aromatic carbocycles. The molecule has 3 N–H and O–H groups in total. The van der Waals surface area contributed by atoms with E-state index in [0.717, 1.165) is 9.99 Å². The Morgan fingerprint density at radius 2 is 2.06 bits per heavy atom. The highest BCUT2D eigenvalue weighted by molar-refractivity contribution is 9.10. The number of phenols is 2. The lowest BCUT2D eigenvalue weighted by molar-refractivity contribution is 0.405. The van der Waals surface area contributed by atoms with Gasteiger partial charge < -0.3 is 15.2 Å². The van der Waals surface area contributed by atoms with Gasteiger partial charge in [-0.25, -0.2) is 9.97 Å². The average Bonchev–Trinajstić information content (AvgIpc) is 2.75. The number of nitrogens with one attached hydrogen (secondary N) is 1. The van der Waals surface area contributed by atoms with E-state index in [1.165, 1.54) is 6.07 Å². The van der Waals surface area contributed by atoms with E-state index in [1.807, 2.05) is 6.07 Å². The van der Waals surface area contributed by atoms with Crippen LogP contribution < -0.4 is 0 Å². The number of aromatic nitrogens is 3. The molecular weight excluding hydrogens is 298 g/mol. The third kappa shape index (κ3) is 1.70. The minimum absolute atomic E-state index is 0.179. The van der Waals surface area contributed by atoms with E-state index >= 15 is 0 Å². The number of fused-ring (bicyclic) bond motifs is 1. The van der Waals surface area contributed by atoms with Crippen LogP contribution in [-0.4, -0.2) is 25.2 Å². The standard InChI is InChI=1S/C12H8BrN3O2/c13-6-4-8-12(14-5-6)16-11(15-8)7-2-1-3-9(17)10(7)18/h1-5,17-18H,(H,14,15,16). The molecule has 0 bridgehead atoms. The van der Waals surface area contributed by atoms with Crippen molar-refractivity contribution in [2.75, 3.05) is 0 Å². The third-order valence-corrected chi connectivity index (χ3v) is 3.01. The first-order valence-electron chi connectivity index (χ1n) is 5.18. The van der Waals surface area contributed by atoms with Gasteiger partial charge in [0, 0.05) is 10.7 Å². The van der Waals surface area contributed by atoms with Gasteiger partial charge in [-0.3, -0.25) is 0 Å². The summed E-state index contributed by atoms with van der Waals surface area (Å²) in [5.41, 5.74) is 1.74. The lowest BCUT2D eigenvalue weighted by atomic mass is 10.2. The first-order chi connectivity index (χ1) is 8.65. The van der Waals surface area contributed by atoms with Crippen LogP contribution in [0.15, 0.2) is 34.9 Å². The number of para-hydroxylation sites is 1. The molecule has 0 amide bonds. The summed E-state index contributed by atoms with van der Waals surface area (Å²) in [5, 5.41) is 19.3. The molecule has 2 heterocycles. The Hall–Kier alpha value is -2.08. The summed E-state index contributed by atoms with van der Waals surface area (Å²) in [6, 6.07) is 6.57. The number of hydrogen-bond donors (Lipinski definition) is 3. The largest absolute Gasteiger partial charge is 0.504 e. The molecule has 3 aromatic rings. The molecule has 5 nitrogen and oxygen atoms in total. The third-order valence-electron chi connectivity index (χ3n) is 2.57. The Labute approximate surface area is 110 Å². The molecule has 0 radical (unpaired) electrons. The van der Waals surface area contributed by atoms with Crippen molar-refractivity contribution in [3.05, 3.63) is 34.9 Å². The van der Waals surface area contributed by atoms with Crippen molar-refractivity contribution >= 4 is 27.1 Å². The van der Waals surface area contributed by atoms with Gasteiger partial charge in [0.15, 0.2) is 17.1 Å². The maximum Gasteiger partial charge on any atom is 0.178 e. The molecule has 18 heavy (non-hydrogen) atoms. The second-order valence-electron chi connectivity index (χ2n) is 3.78. The quantitative estimate of drug-likeness (QED) is 0.604. The fourth-order valence-corrected chi connectivity index (χ4v) is 2.06. The lowest BCUT2D eigenvalue weighted by Crippen LogP contribution is -1.81. The number of pyridine rings is 1. The average molecular weight is 306 g/mol. The number of imidazole rings is 1. The lowest BCUT2D eigenvalue weighted by Gasteiger charge is -2.02. The van der Waals surface area contributed by atoms with E-state index < -0.39 is 0 Å². The van der Waals surface area contributed by atoms with Gasteiger partial charge in [0.25, 0.3) is 0 Å². The summed E-state index contributed by atoms with van der Waals surface area (Å²) >= 11 is 3.32. The summed E-state index contributed by atoms with van der Waals surface area (Å²) in [5.74, 6) is 0.0849. The maximum atomic E-state index is 9.79. The second kappa shape index (κ2) is 3.99. The topological polar surface area (TPSA) is 82.0 Å². The molecule has 6 heteroatoms. The van der Waals surface area contributed by atoms with Crippen molar-refractivity contribution < 1.29 is 10.2 Å². The molecule has 0 fully saturated rings. The Kier molecular flexibility index (Phi) is 2.45. The molecule has 0 aliphatic carbocycles. The highest BCUT2D eigenvalue weighted by Gasteiger charge is 2.12. The molecule has 0 unspecified atom stereocenters. The van der Waals surface area contributed by atoms with Crippen molar-refractivity contribution in [2.45, 2.75) is 0 Å². The number of rotatable bonds is 1. The molecule has 2 aromatic heterocycles. The van der Waals surface area contributed by atoms with Crippen LogP contribution in [0.1, 0.15) is 0 Å². The van der Waals surface area contributed by atoms with Crippen LogP contribution >= 0.6 is 15.9 Å². The summed E-state index contributed by atoms with van der Waals surface area (Å²) in [6.45, 7) is 0. The molecule has 0 aliphatic heterocycles. The number of H-pyrrole nitrogens is 1. The zero-order chi connectivity index (χ0) is 12.7. The van der Waals surface area contributed by atoms with Gasteiger partial charge >= 0.3 is 0 Å². The molecule has 0 spiro atoms. The van der Waals surface area contributed by atoms with Crippen LogP contribution in [0.25, 0.3) is 22.6 Å². The van der Waals surface area contributed by atoms with Crippen LogP contribution in [0.4, 0.5) is 0 Å². The zero-order valence-corrected chi connectivity index (χ0v) is 10.6. The second-order valence-corrected chi connectivity index (χ2v) is 4.70. The van der Waals surface area contributed by atoms with Gasteiger partial charge in [-0.05, 0) is 34.1 Å². The predicted octanol–water partition coefficient (Wildman–Crippen LogP) is 2.80. The number of halogens is 1. The minimum atomic E-state index is -0.198. The van der Waals surface area contributed by atoms with Crippen molar-refractivity contribution in [3.8, 4) is 22.9 Å². The molecule has 0 atom stereocenters.